The van der Waals surface area contributed by atoms with E-state index in [0.717, 1.165) is 43.9 Å². The maximum absolute atomic E-state index is 12.1. The van der Waals surface area contributed by atoms with Gasteiger partial charge in [-0.2, -0.15) is 0 Å². The van der Waals surface area contributed by atoms with Gasteiger partial charge in [0, 0.05) is 39.0 Å². The normalized spacial score (nSPS) is 15.9. The number of nitrogens with two attached hydrogens (primary N) is 1. The molecule has 3 N–H and O–H groups in total. The number of carbonyl (C=O) groups is 1. The van der Waals surface area contributed by atoms with Gasteiger partial charge in [0.1, 0.15) is 0 Å². The highest BCUT2D eigenvalue weighted by Gasteiger charge is 2.18. The van der Waals surface area contributed by atoms with Gasteiger partial charge in [-0.05, 0) is 36.5 Å². The molecule has 1 aromatic rings. The zero-order valence-electron chi connectivity index (χ0n) is 12.0. The van der Waals surface area contributed by atoms with E-state index in [1.807, 2.05) is 31.3 Å². The summed E-state index contributed by atoms with van der Waals surface area (Å²) in [6.45, 7) is 2.85. The number of hydrogen-bond acceptors (Lipinski definition) is 3. The van der Waals surface area contributed by atoms with Gasteiger partial charge in [-0.1, -0.05) is 12.1 Å². The van der Waals surface area contributed by atoms with Crippen molar-refractivity contribution < 1.29 is 9.53 Å². The van der Waals surface area contributed by atoms with Crippen LogP contribution in [-0.2, 0) is 11.3 Å². The first-order chi connectivity index (χ1) is 9.69. The van der Waals surface area contributed by atoms with Crippen molar-refractivity contribution in [1.82, 2.24) is 4.90 Å². The summed E-state index contributed by atoms with van der Waals surface area (Å²) in [4.78, 5) is 13.9. The average Bonchev–Trinajstić information content (AvgIpc) is 2.48. The molecular formula is C15H23N3O2. The third-order valence-corrected chi connectivity index (χ3v) is 3.63. The van der Waals surface area contributed by atoms with E-state index in [4.69, 9.17) is 10.5 Å². The van der Waals surface area contributed by atoms with Gasteiger partial charge >= 0.3 is 6.03 Å². The van der Waals surface area contributed by atoms with Crippen LogP contribution >= 0.6 is 0 Å². The van der Waals surface area contributed by atoms with Crippen molar-refractivity contribution in [2.24, 2.45) is 11.7 Å². The Morgan fingerprint density at radius 1 is 1.45 bits per heavy atom. The summed E-state index contributed by atoms with van der Waals surface area (Å²) < 4.78 is 5.33. The fraction of sp³-hybridized carbons (Fsp3) is 0.533. The van der Waals surface area contributed by atoms with Gasteiger partial charge in [0.2, 0.25) is 0 Å². The van der Waals surface area contributed by atoms with Crippen LogP contribution in [0.15, 0.2) is 24.3 Å². The average molecular weight is 277 g/mol. The van der Waals surface area contributed by atoms with Gasteiger partial charge in [0.15, 0.2) is 0 Å². The Hall–Kier alpha value is -1.59. The predicted molar refractivity (Wildman–Crippen MR) is 79.5 cm³/mol. The van der Waals surface area contributed by atoms with Gasteiger partial charge in [-0.3, -0.25) is 0 Å². The van der Waals surface area contributed by atoms with E-state index < -0.39 is 0 Å². The number of anilines is 1. The smallest absolute Gasteiger partial charge is 0.321 e. The van der Waals surface area contributed by atoms with E-state index in [1.54, 1.807) is 4.90 Å². The number of rotatable bonds is 4. The van der Waals surface area contributed by atoms with Gasteiger partial charge in [-0.25, -0.2) is 4.79 Å². The molecule has 0 aliphatic carbocycles. The van der Waals surface area contributed by atoms with Crippen molar-refractivity contribution in [3.05, 3.63) is 29.8 Å². The van der Waals surface area contributed by atoms with Gasteiger partial charge in [0.25, 0.3) is 0 Å². The number of ether oxygens (including phenoxy) is 1. The second-order valence-corrected chi connectivity index (χ2v) is 5.27. The molecule has 1 aliphatic heterocycles. The molecule has 0 spiro atoms. The number of nitrogens with zero attached hydrogens (tertiary/aromatic N) is 1. The first-order valence-corrected chi connectivity index (χ1v) is 7.08. The minimum Gasteiger partial charge on any atom is -0.381 e. The minimum absolute atomic E-state index is 0.0781. The summed E-state index contributed by atoms with van der Waals surface area (Å²) in [6.07, 6.45) is 2.06. The van der Waals surface area contributed by atoms with Crippen molar-refractivity contribution >= 4 is 11.7 Å². The number of carbonyl (C=O) groups excluding carboxylic acids is 1. The highest BCUT2D eigenvalue weighted by molar-refractivity contribution is 5.89. The monoisotopic (exact) mass is 277 g/mol. The molecular weight excluding hydrogens is 254 g/mol. The Kier molecular flexibility index (Phi) is 5.38. The van der Waals surface area contributed by atoms with E-state index in [1.165, 1.54) is 0 Å². The van der Waals surface area contributed by atoms with Crippen molar-refractivity contribution in [3.8, 4) is 0 Å². The molecule has 1 heterocycles. The minimum atomic E-state index is -0.0781. The highest BCUT2D eigenvalue weighted by atomic mass is 16.5. The molecule has 0 bridgehead atoms. The number of hydrogen-bond donors (Lipinski definition) is 2. The molecule has 0 atom stereocenters. The first-order valence-electron chi connectivity index (χ1n) is 7.08. The van der Waals surface area contributed by atoms with E-state index in [2.05, 4.69) is 5.32 Å². The molecule has 20 heavy (non-hydrogen) atoms. The van der Waals surface area contributed by atoms with Crippen molar-refractivity contribution in [2.45, 2.75) is 19.4 Å². The van der Waals surface area contributed by atoms with Gasteiger partial charge in [-0.15, -0.1) is 0 Å². The van der Waals surface area contributed by atoms with Crippen LogP contribution in [0.5, 0.6) is 0 Å². The van der Waals surface area contributed by atoms with Crippen LogP contribution in [0.2, 0.25) is 0 Å². The number of urea groups is 1. The van der Waals surface area contributed by atoms with E-state index >= 15 is 0 Å². The standard InChI is InChI=1S/C15H23N3O2/c1-18(11-12-5-7-20-8-6-12)15(19)17-14-4-2-3-13(9-14)10-16/h2-4,9,12H,5-8,10-11,16H2,1H3,(H,17,19). The second kappa shape index (κ2) is 7.26. The topological polar surface area (TPSA) is 67.6 Å². The molecule has 0 unspecified atom stereocenters. The molecule has 0 saturated carbocycles. The predicted octanol–water partition coefficient (Wildman–Crippen LogP) is 2.04. The molecule has 1 fully saturated rings. The highest BCUT2D eigenvalue weighted by Crippen LogP contribution is 2.16. The fourth-order valence-corrected chi connectivity index (χ4v) is 2.39. The Morgan fingerprint density at radius 2 is 2.20 bits per heavy atom. The molecule has 0 aromatic heterocycles. The zero-order valence-corrected chi connectivity index (χ0v) is 12.0. The van der Waals surface area contributed by atoms with Crippen LogP contribution in [0.25, 0.3) is 0 Å². The van der Waals surface area contributed by atoms with E-state index in [0.29, 0.717) is 12.5 Å². The van der Waals surface area contributed by atoms with Crippen molar-refractivity contribution in [1.29, 1.82) is 0 Å². The summed E-state index contributed by atoms with van der Waals surface area (Å²) in [6, 6.07) is 7.54. The van der Waals surface area contributed by atoms with Gasteiger partial charge < -0.3 is 20.7 Å². The number of amides is 2. The molecule has 1 saturated heterocycles. The molecule has 5 heteroatoms. The van der Waals surface area contributed by atoms with Crippen molar-refractivity contribution in [2.75, 3.05) is 32.1 Å². The van der Waals surface area contributed by atoms with Crippen LogP contribution in [0, 0.1) is 5.92 Å². The maximum atomic E-state index is 12.1. The Labute approximate surface area is 120 Å². The Morgan fingerprint density at radius 3 is 2.90 bits per heavy atom. The summed E-state index contributed by atoms with van der Waals surface area (Å²) >= 11 is 0. The number of benzene rings is 1. The Bertz CT molecular complexity index is 444. The molecule has 1 aromatic carbocycles. The first kappa shape index (κ1) is 14.8. The van der Waals surface area contributed by atoms with Crippen LogP contribution < -0.4 is 11.1 Å². The van der Waals surface area contributed by atoms with Crippen LogP contribution in [0.4, 0.5) is 10.5 Å². The lowest BCUT2D eigenvalue weighted by atomic mass is 10.00. The molecule has 2 rings (SSSR count). The lowest BCUT2D eigenvalue weighted by Gasteiger charge is -2.27. The van der Waals surface area contributed by atoms with Crippen LogP contribution in [0.1, 0.15) is 18.4 Å². The summed E-state index contributed by atoms with van der Waals surface area (Å²) in [7, 11) is 1.83. The van der Waals surface area contributed by atoms with E-state index in [-0.39, 0.29) is 6.03 Å². The van der Waals surface area contributed by atoms with E-state index in [9.17, 15) is 4.79 Å². The zero-order chi connectivity index (χ0) is 14.4. The molecule has 2 amide bonds. The Balaban J connectivity index is 1.86. The molecule has 110 valence electrons. The quantitative estimate of drug-likeness (QED) is 0.885. The van der Waals surface area contributed by atoms with Crippen LogP contribution in [-0.4, -0.2) is 37.7 Å². The van der Waals surface area contributed by atoms with Gasteiger partial charge in [0.05, 0.1) is 0 Å². The number of nitrogens with one attached hydrogen (secondary N) is 1. The largest absolute Gasteiger partial charge is 0.381 e. The second-order valence-electron chi connectivity index (χ2n) is 5.27. The summed E-state index contributed by atoms with van der Waals surface area (Å²) in [5.74, 6) is 0.537. The molecule has 5 nitrogen and oxygen atoms in total. The SMILES string of the molecule is CN(CC1CCOCC1)C(=O)Nc1cccc(CN)c1. The summed E-state index contributed by atoms with van der Waals surface area (Å²) in [5.41, 5.74) is 7.40. The lowest BCUT2D eigenvalue weighted by Crippen LogP contribution is -2.36. The summed E-state index contributed by atoms with van der Waals surface area (Å²) in [5, 5.41) is 2.91. The van der Waals surface area contributed by atoms with Crippen LogP contribution in [0.3, 0.4) is 0 Å². The molecule has 1 aliphatic rings. The lowest BCUT2D eigenvalue weighted by molar-refractivity contribution is 0.0592. The third kappa shape index (κ3) is 4.21. The third-order valence-electron chi connectivity index (χ3n) is 3.63. The van der Waals surface area contributed by atoms with Crippen molar-refractivity contribution in [3.63, 3.8) is 0 Å². The maximum Gasteiger partial charge on any atom is 0.321 e. The molecule has 0 radical (unpaired) electrons. The fourth-order valence-electron chi connectivity index (χ4n) is 2.39.